The quantitative estimate of drug-likeness (QED) is 0.836. The average Bonchev–Trinajstić information content (AvgIpc) is 2.68. The van der Waals surface area contributed by atoms with Crippen LogP contribution in [0.4, 0.5) is 0 Å². The average molecular weight is 316 g/mol. The predicted molar refractivity (Wildman–Crippen MR) is 74.9 cm³/mol. The number of aryl methyl sites for hydroxylation is 2. The van der Waals surface area contributed by atoms with E-state index in [4.69, 9.17) is 0 Å². The van der Waals surface area contributed by atoms with Crippen LogP contribution in [0.3, 0.4) is 0 Å². The number of carbonyl (C=O) groups excluding carboxylic acids is 2. The van der Waals surface area contributed by atoms with E-state index in [0.717, 1.165) is 9.18 Å². The number of nitrogens with zero attached hydrogens (tertiary/aromatic N) is 1. The van der Waals surface area contributed by atoms with Crippen LogP contribution in [0.2, 0.25) is 0 Å². The van der Waals surface area contributed by atoms with Crippen LogP contribution in [0.5, 0.6) is 0 Å². The highest BCUT2D eigenvalue weighted by molar-refractivity contribution is 7.89. The van der Waals surface area contributed by atoms with Crippen LogP contribution in [0.15, 0.2) is 11.0 Å². The SMILES string of the molecule is CCC1C(=O)NC(=O)CN1S(=O)(=O)c1cc(C)sc1C. The molecule has 1 saturated heterocycles. The largest absolute Gasteiger partial charge is 0.294 e. The number of amides is 2. The van der Waals surface area contributed by atoms with E-state index in [0.29, 0.717) is 11.3 Å². The van der Waals surface area contributed by atoms with Gasteiger partial charge in [0.25, 0.3) is 0 Å². The lowest BCUT2D eigenvalue weighted by Gasteiger charge is -2.32. The van der Waals surface area contributed by atoms with Crippen LogP contribution in [0.25, 0.3) is 0 Å². The monoisotopic (exact) mass is 316 g/mol. The molecule has 1 aromatic heterocycles. The van der Waals surface area contributed by atoms with Gasteiger partial charge in [0.15, 0.2) is 0 Å². The van der Waals surface area contributed by atoms with Gasteiger partial charge in [-0.3, -0.25) is 14.9 Å². The number of hydrogen-bond donors (Lipinski definition) is 1. The molecule has 1 aromatic rings. The van der Waals surface area contributed by atoms with Gasteiger partial charge < -0.3 is 0 Å². The first-order valence-corrected chi connectivity index (χ1v) is 8.45. The number of imide groups is 1. The normalized spacial score (nSPS) is 21.1. The van der Waals surface area contributed by atoms with E-state index in [1.54, 1.807) is 19.9 Å². The van der Waals surface area contributed by atoms with Crippen LogP contribution in [0.1, 0.15) is 23.1 Å². The maximum absolute atomic E-state index is 12.7. The smallest absolute Gasteiger partial charge is 0.245 e. The van der Waals surface area contributed by atoms with E-state index in [1.807, 2.05) is 6.92 Å². The highest BCUT2D eigenvalue weighted by Crippen LogP contribution is 2.29. The summed E-state index contributed by atoms with van der Waals surface area (Å²) in [6, 6.07) is 0.747. The van der Waals surface area contributed by atoms with Crippen molar-refractivity contribution in [3.05, 3.63) is 15.8 Å². The molecule has 1 unspecified atom stereocenters. The van der Waals surface area contributed by atoms with Crippen molar-refractivity contribution in [1.29, 1.82) is 0 Å². The Morgan fingerprint density at radius 1 is 1.40 bits per heavy atom. The highest BCUT2D eigenvalue weighted by Gasteiger charge is 2.41. The van der Waals surface area contributed by atoms with Gasteiger partial charge in [0.1, 0.15) is 6.04 Å². The predicted octanol–water partition coefficient (Wildman–Crippen LogP) is 0.791. The number of piperazine rings is 1. The number of nitrogens with one attached hydrogen (secondary N) is 1. The molecule has 0 bridgehead atoms. The summed E-state index contributed by atoms with van der Waals surface area (Å²) < 4.78 is 26.4. The maximum Gasteiger partial charge on any atom is 0.245 e. The minimum absolute atomic E-state index is 0.181. The summed E-state index contributed by atoms with van der Waals surface area (Å²) in [5.41, 5.74) is 0. The van der Waals surface area contributed by atoms with Gasteiger partial charge in [0.05, 0.1) is 11.4 Å². The van der Waals surface area contributed by atoms with E-state index in [9.17, 15) is 18.0 Å². The zero-order chi connectivity index (χ0) is 15.1. The molecule has 1 fully saturated rings. The molecule has 8 heteroatoms. The third kappa shape index (κ3) is 2.50. The number of thiophene rings is 1. The van der Waals surface area contributed by atoms with Gasteiger partial charge in [-0.2, -0.15) is 4.31 Å². The Labute approximate surface area is 121 Å². The van der Waals surface area contributed by atoms with Gasteiger partial charge in [-0.25, -0.2) is 8.42 Å². The molecule has 0 spiro atoms. The zero-order valence-corrected chi connectivity index (χ0v) is 13.1. The Morgan fingerprint density at radius 2 is 2.05 bits per heavy atom. The van der Waals surface area contributed by atoms with Gasteiger partial charge in [-0.05, 0) is 26.3 Å². The van der Waals surface area contributed by atoms with E-state index in [1.165, 1.54) is 11.3 Å². The zero-order valence-electron chi connectivity index (χ0n) is 11.5. The topological polar surface area (TPSA) is 83.6 Å². The summed E-state index contributed by atoms with van der Waals surface area (Å²) in [7, 11) is -3.84. The lowest BCUT2D eigenvalue weighted by atomic mass is 10.2. The summed E-state index contributed by atoms with van der Waals surface area (Å²) >= 11 is 1.38. The Balaban J connectivity index is 2.49. The van der Waals surface area contributed by atoms with Crippen molar-refractivity contribution >= 4 is 33.2 Å². The van der Waals surface area contributed by atoms with Crippen molar-refractivity contribution in [2.24, 2.45) is 0 Å². The molecule has 1 atom stereocenters. The second kappa shape index (κ2) is 5.27. The Kier molecular flexibility index (Phi) is 3.99. The van der Waals surface area contributed by atoms with Gasteiger partial charge in [-0.15, -0.1) is 11.3 Å². The highest BCUT2D eigenvalue weighted by atomic mass is 32.2. The van der Waals surface area contributed by atoms with Crippen molar-refractivity contribution in [3.63, 3.8) is 0 Å². The molecule has 0 radical (unpaired) electrons. The van der Waals surface area contributed by atoms with Gasteiger partial charge in [0, 0.05) is 9.75 Å². The molecular formula is C12H16N2O4S2. The first-order chi connectivity index (χ1) is 9.27. The molecule has 2 rings (SSSR count). The van der Waals surface area contributed by atoms with Crippen LogP contribution in [-0.2, 0) is 19.6 Å². The fourth-order valence-corrected chi connectivity index (χ4v) is 5.42. The molecule has 1 N–H and O–H groups in total. The van der Waals surface area contributed by atoms with Crippen molar-refractivity contribution < 1.29 is 18.0 Å². The van der Waals surface area contributed by atoms with Crippen molar-refractivity contribution in [1.82, 2.24) is 9.62 Å². The van der Waals surface area contributed by atoms with E-state index >= 15 is 0 Å². The first kappa shape index (κ1) is 15.1. The molecule has 1 aliphatic rings. The molecule has 1 aliphatic heterocycles. The molecule has 6 nitrogen and oxygen atoms in total. The molecule has 0 saturated carbocycles. The minimum atomic E-state index is -3.84. The Hall–Kier alpha value is -1.25. The maximum atomic E-state index is 12.7. The van der Waals surface area contributed by atoms with Gasteiger partial charge in [0.2, 0.25) is 21.8 Å². The Bertz CT molecular complexity index is 663. The second-order valence-electron chi connectivity index (χ2n) is 4.66. The molecule has 2 heterocycles. The molecule has 20 heavy (non-hydrogen) atoms. The fourth-order valence-electron chi connectivity index (χ4n) is 2.27. The molecule has 0 aromatic carbocycles. The number of rotatable bonds is 3. The lowest BCUT2D eigenvalue weighted by Crippen LogP contribution is -2.59. The molecule has 0 aliphatic carbocycles. The fraction of sp³-hybridized carbons (Fsp3) is 0.500. The summed E-state index contributed by atoms with van der Waals surface area (Å²) in [6.07, 6.45) is 0.320. The van der Waals surface area contributed by atoms with Crippen LogP contribution < -0.4 is 5.32 Å². The minimum Gasteiger partial charge on any atom is -0.294 e. The standard InChI is InChI=1S/C12H16N2O4S2/c1-4-9-12(16)13-11(15)6-14(9)20(17,18)10-5-7(2)19-8(10)3/h5,9H,4,6H2,1-3H3,(H,13,15,16). The molecule has 110 valence electrons. The second-order valence-corrected chi connectivity index (χ2v) is 7.98. The van der Waals surface area contributed by atoms with E-state index < -0.39 is 27.9 Å². The van der Waals surface area contributed by atoms with Crippen LogP contribution in [0, 0.1) is 13.8 Å². The van der Waals surface area contributed by atoms with Gasteiger partial charge in [-0.1, -0.05) is 6.92 Å². The summed E-state index contributed by atoms with van der Waals surface area (Å²) in [6.45, 7) is 4.94. The number of hydrogen-bond acceptors (Lipinski definition) is 5. The number of carbonyl (C=O) groups is 2. The van der Waals surface area contributed by atoms with Crippen molar-refractivity contribution in [3.8, 4) is 0 Å². The van der Waals surface area contributed by atoms with Crippen molar-refractivity contribution in [2.45, 2.75) is 38.1 Å². The summed E-state index contributed by atoms with van der Waals surface area (Å²) in [4.78, 5) is 25.0. The lowest BCUT2D eigenvalue weighted by molar-refractivity contribution is -0.137. The van der Waals surface area contributed by atoms with Crippen LogP contribution in [-0.4, -0.2) is 37.1 Å². The van der Waals surface area contributed by atoms with E-state index in [-0.39, 0.29) is 11.4 Å². The Morgan fingerprint density at radius 3 is 2.55 bits per heavy atom. The van der Waals surface area contributed by atoms with Crippen LogP contribution >= 0.6 is 11.3 Å². The summed E-state index contributed by atoms with van der Waals surface area (Å²) in [5, 5.41) is 2.17. The summed E-state index contributed by atoms with van der Waals surface area (Å²) in [5.74, 6) is -1.15. The van der Waals surface area contributed by atoms with E-state index in [2.05, 4.69) is 5.32 Å². The van der Waals surface area contributed by atoms with Gasteiger partial charge >= 0.3 is 0 Å². The molecular weight excluding hydrogens is 300 g/mol. The third-order valence-corrected chi connectivity index (χ3v) is 6.26. The number of sulfonamides is 1. The first-order valence-electron chi connectivity index (χ1n) is 6.20. The molecule has 2 amide bonds. The van der Waals surface area contributed by atoms with Crippen molar-refractivity contribution in [2.75, 3.05) is 6.54 Å². The third-order valence-electron chi connectivity index (χ3n) is 3.18.